The molecule has 0 aliphatic heterocycles. The molecule has 5 heteroatoms. The highest BCUT2D eigenvalue weighted by atomic mass is 16.5. The van der Waals surface area contributed by atoms with Crippen LogP contribution in [0.15, 0.2) is 0 Å². The first-order valence-electron chi connectivity index (χ1n) is 5.34. The number of ether oxygens (including phenoxy) is 2. The van der Waals surface area contributed by atoms with E-state index in [0.29, 0.717) is 18.5 Å². The molecule has 1 heterocycles. The fraction of sp³-hybridized carbons (Fsp3) is 0.500. The van der Waals surface area contributed by atoms with Crippen molar-refractivity contribution in [2.75, 3.05) is 14.2 Å². The molecule has 0 spiro atoms. The standard InChI is InChI=1S/C12H17NO4/c1-7-9(5-6-10(14)16-3)8(2)13-11(7)12(15)17-4/h13H,5-6H2,1-4H3. The Kier molecular flexibility index (Phi) is 4.31. The molecule has 0 aliphatic rings. The lowest BCUT2D eigenvalue weighted by atomic mass is 10.1. The predicted octanol–water partition coefficient (Wildman–Crippen LogP) is 1.52. The summed E-state index contributed by atoms with van der Waals surface area (Å²) >= 11 is 0. The maximum atomic E-state index is 11.4. The van der Waals surface area contributed by atoms with Crippen LogP contribution < -0.4 is 0 Å². The number of H-pyrrole nitrogens is 1. The molecule has 0 radical (unpaired) electrons. The molecular weight excluding hydrogens is 222 g/mol. The fourth-order valence-corrected chi connectivity index (χ4v) is 1.80. The Morgan fingerprint density at radius 1 is 1.18 bits per heavy atom. The highest BCUT2D eigenvalue weighted by Gasteiger charge is 2.18. The van der Waals surface area contributed by atoms with Gasteiger partial charge in [-0.2, -0.15) is 0 Å². The van der Waals surface area contributed by atoms with Gasteiger partial charge in [-0.3, -0.25) is 4.79 Å². The van der Waals surface area contributed by atoms with Gasteiger partial charge in [-0.15, -0.1) is 0 Å². The Balaban J connectivity index is 2.90. The minimum Gasteiger partial charge on any atom is -0.469 e. The van der Waals surface area contributed by atoms with Crippen molar-refractivity contribution in [3.63, 3.8) is 0 Å². The topological polar surface area (TPSA) is 68.4 Å². The van der Waals surface area contributed by atoms with Crippen molar-refractivity contribution in [1.29, 1.82) is 0 Å². The smallest absolute Gasteiger partial charge is 0.354 e. The van der Waals surface area contributed by atoms with Gasteiger partial charge in [-0.05, 0) is 31.4 Å². The average Bonchev–Trinajstić information content (AvgIpc) is 2.61. The number of carbonyl (C=O) groups excluding carboxylic acids is 2. The molecular formula is C12H17NO4. The summed E-state index contributed by atoms with van der Waals surface area (Å²) in [7, 11) is 2.70. The second kappa shape index (κ2) is 5.52. The Morgan fingerprint density at radius 3 is 2.35 bits per heavy atom. The summed E-state index contributed by atoms with van der Waals surface area (Å²) in [6.45, 7) is 3.70. The van der Waals surface area contributed by atoms with Crippen LogP contribution in [0.1, 0.15) is 33.7 Å². The van der Waals surface area contributed by atoms with E-state index < -0.39 is 5.97 Å². The lowest BCUT2D eigenvalue weighted by Crippen LogP contribution is -2.04. The SMILES string of the molecule is COC(=O)CCc1c(C)[nH]c(C(=O)OC)c1C. The van der Waals surface area contributed by atoms with Gasteiger partial charge in [-0.25, -0.2) is 4.79 Å². The largest absolute Gasteiger partial charge is 0.469 e. The van der Waals surface area contributed by atoms with Crippen molar-refractivity contribution < 1.29 is 19.1 Å². The monoisotopic (exact) mass is 239 g/mol. The number of hydrogen-bond acceptors (Lipinski definition) is 4. The van der Waals surface area contributed by atoms with E-state index in [1.807, 2.05) is 13.8 Å². The van der Waals surface area contributed by atoms with Crippen molar-refractivity contribution >= 4 is 11.9 Å². The first-order chi connectivity index (χ1) is 8.01. The molecule has 0 bridgehead atoms. The fourth-order valence-electron chi connectivity index (χ4n) is 1.80. The molecule has 1 N–H and O–H groups in total. The minimum atomic E-state index is -0.394. The van der Waals surface area contributed by atoms with Crippen LogP contribution in [0.4, 0.5) is 0 Å². The number of aromatic amines is 1. The Bertz CT molecular complexity index is 434. The summed E-state index contributed by atoms with van der Waals surface area (Å²) in [6, 6.07) is 0. The lowest BCUT2D eigenvalue weighted by molar-refractivity contribution is -0.140. The Hall–Kier alpha value is -1.78. The molecule has 1 aromatic heterocycles. The van der Waals surface area contributed by atoms with Crippen LogP contribution in [0, 0.1) is 13.8 Å². The maximum absolute atomic E-state index is 11.4. The van der Waals surface area contributed by atoms with Crippen LogP contribution >= 0.6 is 0 Å². The predicted molar refractivity (Wildman–Crippen MR) is 61.9 cm³/mol. The van der Waals surface area contributed by atoms with Crippen molar-refractivity contribution in [1.82, 2.24) is 4.98 Å². The third kappa shape index (κ3) is 2.87. The van der Waals surface area contributed by atoms with Gasteiger partial charge in [0.25, 0.3) is 0 Å². The lowest BCUT2D eigenvalue weighted by Gasteiger charge is -2.02. The molecule has 0 atom stereocenters. The normalized spacial score (nSPS) is 10.1. The number of rotatable bonds is 4. The molecule has 0 saturated heterocycles. The number of esters is 2. The second-order valence-electron chi connectivity index (χ2n) is 3.80. The summed E-state index contributed by atoms with van der Waals surface area (Å²) in [4.78, 5) is 25.5. The zero-order chi connectivity index (χ0) is 13.0. The van der Waals surface area contributed by atoms with Crippen molar-refractivity contribution in [2.45, 2.75) is 26.7 Å². The van der Waals surface area contributed by atoms with Gasteiger partial charge < -0.3 is 14.5 Å². The molecule has 0 unspecified atom stereocenters. The highest BCUT2D eigenvalue weighted by molar-refractivity contribution is 5.89. The molecule has 0 aliphatic carbocycles. The van der Waals surface area contributed by atoms with E-state index in [9.17, 15) is 9.59 Å². The van der Waals surface area contributed by atoms with Crippen LogP contribution in [0.3, 0.4) is 0 Å². The summed E-state index contributed by atoms with van der Waals surface area (Å²) in [5, 5.41) is 0. The molecule has 5 nitrogen and oxygen atoms in total. The molecule has 0 aromatic carbocycles. The summed E-state index contributed by atoms with van der Waals surface area (Å²) < 4.78 is 9.26. The zero-order valence-electron chi connectivity index (χ0n) is 10.5. The van der Waals surface area contributed by atoms with Crippen LogP contribution in [0.5, 0.6) is 0 Å². The number of nitrogens with one attached hydrogen (secondary N) is 1. The van der Waals surface area contributed by atoms with Gasteiger partial charge in [-0.1, -0.05) is 0 Å². The first-order valence-corrected chi connectivity index (χ1v) is 5.34. The minimum absolute atomic E-state index is 0.260. The van der Waals surface area contributed by atoms with Gasteiger partial charge in [0.15, 0.2) is 0 Å². The summed E-state index contributed by atoms with van der Waals surface area (Å²) in [5.74, 6) is -0.653. The van der Waals surface area contributed by atoms with Crippen LogP contribution in [-0.4, -0.2) is 31.1 Å². The van der Waals surface area contributed by atoms with Gasteiger partial charge in [0, 0.05) is 12.1 Å². The summed E-state index contributed by atoms with van der Waals surface area (Å²) in [5.41, 5.74) is 3.13. The third-order valence-corrected chi connectivity index (χ3v) is 2.79. The number of carbonyl (C=O) groups is 2. The number of hydrogen-bond donors (Lipinski definition) is 1. The van der Waals surface area contributed by atoms with Crippen LogP contribution in [0.2, 0.25) is 0 Å². The van der Waals surface area contributed by atoms with Gasteiger partial charge in [0.05, 0.1) is 14.2 Å². The van der Waals surface area contributed by atoms with E-state index in [-0.39, 0.29) is 5.97 Å². The Morgan fingerprint density at radius 2 is 1.82 bits per heavy atom. The molecule has 0 amide bonds. The maximum Gasteiger partial charge on any atom is 0.354 e. The molecule has 0 fully saturated rings. The number of aromatic nitrogens is 1. The van der Waals surface area contributed by atoms with E-state index in [0.717, 1.165) is 16.8 Å². The van der Waals surface area contributed by atoms with Gasteiger partial charge in [0.1, 0.15) is 5.69 Å². The third-order valence-electron chi connectivity index (χ3n) is 2.79. The van der Waals surface area contributed by atoms with E-state index >= 15 is 0 Å². The van der Waals surface area contributed by atoms with Gasteiger partial charge in [0.2, 0.25) is 0 Å². The van der Waals surface area contributed by atoms with E-state index in [1.54, 1.807) is 0 Å². The molecule has 1 rings (SSSR count). The van der Waals surface area contributed by atoms with Gasteiger partial charge >= 0.3 is 11.9 Å². The zero-order valence-corrected chi connectivity index (χ0v) is 10.5. The van der Waals surface area contributed by atoms with Crippen LogP contribution in [-0.2, 0) is 20.7 Å². The van der Waals surface area contributed by atoms with E-state index in [1.165, 1.54) is 14.2 Å². The van der Waals surface area contributed by atoms with E-state index in [2.05, 4.69) is 14.5 Å². The van der Waals surface area contributed by atoms with Crippen molar-refractivity contribution in [3.8, 4) is 0 Å². The molecule has 1 aromatic rings. The quantitative estimate of drug-likeness (QED) is 0.809. The van der Waals surface area contributed by atoms with Crippen LogP contribution in [0.25, 0.3) is 0 Å². The Labute approximate surface area is 100 Å². The van der Waals surface area contributed by atoms with E-state index in [4.69, 9.17) is 0 Å². The molecule has 0 saturated carbocycles. The average molecular weight is 239 g/mol. The summed E-state index contributed by atoms with van der Waals surface area (Å²) in [6.07, 6.45) is 0.856. The van der Waals surface area contributed by atoms with Crippen molar-refractivity contribution in [3.05, 3.63) is 22.5 Å². The molecule has 94 valence electrons. The van der Waals surface area contributed by atoms with Crippen molar-refractivity contribution in [2.24, 2.45) is 0 Å². The second-order valence-corrected chi connectivity index (χ2v) is 3.80. The number of methoxy groups -OCH3 is 2. The number of aryl methyl sites for hydroxylation is 1. The molecule has 17 heavy (non-hydrogen) atoms. The first kappa shape index (κ1) is 13.3. The highest BCUT2D eigenvalue weighted by Crippen LogP contribution is 2.20.